The Kier molecular flexibility index (Phi) is 6.95. The second-order valence-corrected chi connectivity index (χ2v) is 5.49. The topological polar surface area (TPSA) is 48.7 Å². The standard InChI is InChI=1S/C16H25N3/c1-13(2)8-6-4-5-7-10-18-16-15(12-17)14(3)9-11-19-16/h9,11,13H,4-8,10H2,1-3H3,(H,18,19). The molecule has 3 heteroatoms. The monoisotopic (exact) mass is 259 g/mol. The third-order valence-corrected chi connectivity index (χ3v) is 3.27. The average Bonchev–Trinajstić information content (AvgIpc) is 2.37. The molecule has 0 spiro atoms. The first-order chi connectivity index (χ1) is 9.15. The fourth-order valence-corrected chi connectivity index (χ4v) is 2.07. The number of unbranched alkanes of at least 4 members (excludes halogenated alkanes) is 3. The first-order valence-electron chi connectivity index (χ1n) is 7.24. The summed E-state index contributed by atoms with van der Waals surface area (Å²) in [5.41, 5.74) is 1.65. The molecule has 0 aliphatic heterocycles. The number of aryl methyl sites for hydroxylation is 1. The van der Waals surface area contributed by atoms with Crippen LogP contribution in [0.25, 0.3) is 0 Å². The molecule has 0 saturated heterocycles. The van der Waals surface area contributed by atoms with Gasteiger partial charge in [-0.05, 0) is 30.9 Å². The summed E-state index contributed by atoms with van der Waals surface area (Å²) in [6, 6.07) is 4.08. The van der Waals surface area contributed by atoms with E-state index in [0.29, 0.717) is 5.56 Å². The van der Waals surface area contributed by atoms with Crippen molar-refractivity contribution in [2.75, 3.05) is 11.9 Å². The zero-order valence-electron chi connectivity index (χ0n) is 12.4. The summed E-state index contributed by atoms with van der Waals surface area (Å²) in [6.45, 7) is 7.38. The predicted molar refractivity (Wildman–Crippen MR) is 80.1 cm³/mol. The fraction of sp³-hybridized carbons (Fsp3) is 0.625. The minimum Gasteiger partial charge on any atom is -0.369 e. The van der Waals surface area contributed by atoms with Crippen molar-refractivity contribution < 1.29 is 0 Å². The van der Waals surface area contributed by atoms with Gasteiger partial charge in [-0.3, -0.25) is 0 Å². The van der Waals surface area contributed by atoms with E-state index in [1.165, 1.54) is 25.7 Å². The van der Waals surface area contributed by atoms with Gasteiger partial charge in [0.05, 0.1) is 5.56 Å². The Morgan fingerprint density at radius 2 is 2.00 bits per heavy atom. The number of nitrogens with zero attached hydrogens (tertiary/aromatic N) is 2. The van der Waals surface area contributed by atoms with Crippen LogP contribution in [0.15, 0.2) is 12.3 Å². The normalized spacial score (nSPS) is 10.5. The minimum absolute atomic E-state index is 0.669. The molecule has 1 aromatic rings. The van der Waals surface area contributed by atoms with E-state index in [-0.39, 0.29) is 0 Å². The number of pyridine rings is 1. The molecule has 104 valence electrons. The van der Waals surface area contributed by atoms with Crippen LogP contribution in [0.2, 0.25) is 0 Å². The Morgan fingerprint density at radius 3 is 2.68 bits per heavy atom. The number of rotatable bonds is 8. The number of anilines is 1. The van der Waals surface area contributed by atoms with Crippen LogP contribution in [-0.2, 0) is 0 Å². The molecular formula is C16H25N3. The first kappa shape index (κ1) is 15.5. The molecule has 0 aliphatic carbocycles. The van der Waals surface area contributed by atoms with Crippen LogP contribution in [-0.4, -0.2) is 11.5 Å². The Balaban J connectivity index is 2.23. The van der Waals surface area contributed by atoms with Crippen molar-refractivity contribution in [2.24, 2.45) is 5.92 Å². The summed E-state index contributed by atoms with van der Waals surface area (Å²) >= 11 is 0. The molecule has 1 N–H and O–H groups in total. The summed E-state index contributed by atoms with van der Waals surface area (Å²) in [6.07, 6.45) is 8.08. The van der Waals surface area contributed by atoms with Crippen LogP contribution in [0.3, 0.4) is 0 Å². The Labute approximate surface area is 117 Å². The molecule has 0 unspecified atom stereocenters. The van der Waals surface area contributed by atoms with E-state index in [1.807, 2.05) is 13.0 Å². The lowest BCUT2D eigenvalue weighted by Gasteiger charge is -2.08. The largest absolute Gasteiger partial charge is 0.369 e. The van der Waals surface area contributed by atoms with Crippen LogP contribution in [0.1, 0.15) is 57.1 Å². The van der Waals surface area contributed by atoms with E-state index in [2.05, 4.69) is 30.2 Å². The molecule has 0 fully saturated rings. The molecule has 1 heterocycles. The van der Waals surface area contributed by atoms with Crippen molar-refractivity contribution in [2.45, 2.75) is 52.9 Å². The van der Waals surface area contributed by atoms with Crippen LogP contribution in [0.4, 0.5) is 5.82 Å². The van der Waals surface area contributed by atoms with Gasteiger partial charge in [-0.1, -0.05) is 39.5 Å². The van der Waals surface area contributed by atoms with Gasteiger partial charge in [-0.2, -0.15) is 5.26 Å². The van der Waals surface area contributed by atoms with Crippen molar-refractivity contribution in [3.63, 3.8) is 0 Å². The van der Waals surface area contributed by atoms with Gasteiger partial charge in [0.15, 0.2) is 0 Å². The van der Waals surface area contributed by atoms with E-state index in [9.17, 15) is 0 Å². The molecule has 0 aromatic carbocycles. The van der Waals surface area contributed by atoms with Crippen LogP contribution >= 0.6 is 0 Å². The fourth-order valence-electron chi connectivity index (χ4n) is 2.07. The number of hydrogen-bond acceptors (Lipinski definition) is 3. The number of nitriles is 1. The molecule has 0 aliphatic rings. The highest BCUT2D eigenvalue weighted by molar-refractivity contribution is 5.55. The summed E-state index contributed by atoms with van der Waals surface area (Å²) in [7, 11) is 0. The van der Waals surface area contributed by atoms with Gasteiger partial charge in [-0.15, -0.1) is 0 Å². The van der Waals surface area contributed by atoms with Crippen molar-refractivity contribution in [3.8, 4) is 6.07 Å². The second kappa shape index (κ2) is 8.53. The van der Waals surface area contributed by atoms with Crippen LogP contribution in [0.5, 0.6) is 0 Å². The summed E-state index contributed by atoms with van der Waals surface area (Å²) in [5.74, 6) is 1.54. The van der Waals surface area contributed by atoms with E-state index in [0.717, 1.165) is 30.3 Å². The SMILES string of the molecule is Cc1ccnc(NCCCCCCC(C)C)c1C#N. The van der Waals surface area contributed by atoms with Crippen LogP contribution in [0, 0.1) is 24.2 Å². The third kappa shape index (κ3) is 5.74. The number of aromatic nitrogens is 1. The van der Waals surface area contributed by atoms with E-state index in [1.54, 1.807) is 6.20 Å². The van der Waals surface area contributed by atoms with Crippen LogP contribution < -0.4 is 5.32 Å². The van der Waals surface area contributed by atoms with Crippen molar-refractivity contribution in [3.05, 3.63) is 23.4 Å². The lowest BCUT2D eigenvalue weighted by atomic mass is 10.0. The van der Waals surface area contributed by atoms with Crippen molar-refractivity contribution >= 4 is 5.82 Å². The zero-order valence-corrected chi connectivity index (χ0v) is 12.4. The van der Waals surface area contributed by atoms with Gasteiger partial charge in [0.25, 0.3) is 0 Å². The molecule has 1 rings (SSSR count). The molecule has 0 bridgehead atoms. The Morgan fingerprint density at radius 1 is 1.26 bits per heavy atom. The summed E-state index contributed by atoms with van der Waals surface area (Å²) < 4.78 is 0. The summed E-state index contributed by atoms with van der Waals surface area (Å²) in [5, 5.41) is 12.4. The number of nitrogens with one attached hydrogen (secondary N) is 1. The lowest BCUT2D eigenvalue weighted by molar-refractivity contribution is 0.523. The molecule has 0 radical (unpaired) electrons. The van der Waals surface area contributed by atoms with E-state index >= 15 is 0 Å². The van der Waals surface area contributed by atoms with Gasteiger partial charge >= 0.3 is 0 Å². The average molecular weight is 259 g/mol. The molecule has 0 atom stereocenters. The third-order valence-electron chi connectivity index (χ3n) is 3.27. The number of hydrogen-bond donors (Lipinski definition) is 1. The Bertz CT molecular complexity index is 418. The van der Waals surface area contributed by atoms with Gasteiger partial charge in [-0.25, -0.2) is 4.98 Å². The van der Waals surface area contributed by atoms with Gasteiger partial charge in [0.2, 0.25) is 0 Å². The van der Waals surface area contributed by atoms with Gasteiger partial charge in [0, 0.05) is 12.7 Å². The predicted octanol–water partition coefficient (Wildman–Crippen LogP) is 4.28. The minimum atomic E-state index is 0.669. The highest BCUT2D eigenvalue weighted by Gasteiger charge is 2.05. The quantitative estimate of drug-likeness (QED) is 0.709. The maximum atomic E-state index is 9.09. The lowest BCUT2D eigenvalue weighted by Crippen LogP contribution is -2.06. The Hall–Kier alpha value is -1.56. The molecular weight excluding hydrogens is 234 g/mol. The van der Waals surface area contributed by atoms with E-state index in [4.69, 9.17) is 5.26 Å². The maximum absolute atomic E-state index is 9.09. The highest BCUT2D eigenvalue weighted by Crippen LogP contribution is 2.15. The molecule has 3 nitrogen and oxygen atoms in total. The van der Waals surface area contributed by atoms with Crippen molar-refractivity contribution in [1.29, 1.82) is 5.26 Å². The molecule has 0 saturated carbocycles. The van der Waals surface area contributed by atoms with Gasteiger partial charge < -0.3 is 5.32 Å². The molecule has 19 heavy (non-hydrogen) atoms. The molecule has 0 amide bonds. The van der Waals surface area contributed by atoms with Gasteiger partial charge in [0.1, 0.15) is 11.9 Å². The second-order valence-electron chi connectivity index (χ2n) is 5.49. The van der Waals surface area contributed by atoms with E-state index < -0.39 is 0 Å². The highest BCUT2D eigenvalue weighted by atomic mass is 15.0. The van der Waals surface area contributed by atoms with Crippen molar-refractivity contribution in [1.82, 2.24) is 4.98 Å². The zero-order chi connectivity index (χ0) is 14.1. The maximum Gasteiger partial charge on any atom is 0.144 e. The smallest absolute Gasteiger partial charge is 0.144 e. The first-order valence-corrected chi connectivity index (χ1v) is 7.24. The molecule has 1 aromatic heterocycles. The summed E-state index contributed by atoms with van der Waals surface area (Å²) in [4.78, 5) is 4.23.